The number of halogens is 1. The number of nitrogens with one attached hydrogen (secondary N) is 2. The molecule has 0 radical (unpaired) electrons. The van der Waals surface area contributed by atoms with E-state index in [-0.39, 0.29) is 5.91 Å². The second-order valence-electron chi connectivity index (χ2n) is 3.91. The average molecular weight is 311 g/mol. The van der Waals surface area contributed by atoms with Crippen LogP contribution in [0.1, 0.15) is 17.3 Å². The summed E-state index contributed by atoms with van der Waals surface area (Å²) in [7, 11) is 0. The van der Waals surface area contributed by atoms with Crippen LogP contribution in [0.2, 0.25) is 5.02 Å². The van der Waals surface area contributed by atoms with Crippen LogP contribution in [-0.4, -0.2) is 28.1 Å². The van der Waals surface area contributed by atoms with Crippen LogP contribution >= 0.6 is 22.9 Å². The maximum absolute atomic E-state index is 12.0. The molecule has 2 aromatic rings. The minimum absolute atomic E-state index is 0.324. The van der Waals surface area contributed by atoms with Crippen molar-refractivity contribution in [1.29, 1.82) is 0 Å². The van der Waals surface area contributed by atoms with E-state index in [1.807, 2.05) is 0 Å². The first-order valence-corrected chi connectivity index (χ1v) is 6.96. The summed E-state index contributed by atoms with van der Waals surface area (Å²) >= 11 is 7.12. The summed E-state index contributed by atoms with van der Waals surface area (Å²) in [4.78, 5) is 23.8. The summed E-state index contributed by atoms with van der Waals surface area (Å²) in [6, 6.07) is 5.91. The molecular weight excluding hydrogens is 300 g/mol. The highest BCUT2D eigenvalue weighted by Crippen LogP contribution is 2.15. The zero-order valence-electron chi connectivity index (χ0n) is 10.5. The Labute approximate surface area is 124 Å². The lowest BCUT2D eigenvalue weighted by Gasteiger charge is -2.13. The minimum Gasteiger partial charge on any atom is -0.340 e. The van der Waals surface area contributed by atoms with E-state index in [2.05, 4.69) is 20.8 Å². The Balaban J connectivity index is 1.97. The van der Waals surface area contributed by atoms with E-state index in [1.165, 1.54) is 16.8 Å². The molecule has 1 aromatic heterocycles. The molecule has 2 rings (SSSR count). The summed E-state index contributed by atoms with van der Waals surface area (Å²) < 4.78 is 0. The normalized spacial score (nSPS) is 11.7. The average Bonchev–Trinajstić information content (AvgIpc) is 2.91. The van der Waals surface area contributed by atoms with Gasteiger partial charge in [-0.3, -0.25) is 14.9 Å². The Bertz CT molecular complexity index is 618. The summed E-state index contributed by atoms with van der Waals surface area (Å²) in [5.41, 5.74) is 1.83. The molecule has 0 spiro atoms. The van der Waals surface area contributed by atoms with E-state index in [9.17, 15) is 9.59 Å². The summed E-state index contributed by atoms with van der Waals surface area (Å²) in [5.74, 6) is -0.780. The molecule has 1 aromatic carbocycles. The first-order chi connectivity index (χ1) is 9.58. The number of hydrogen-bond acceptors (Lipinski definition) is 5. The molecule has 2 N–H and O–H groups in total. The molecular formula is C12H11ClN4O2S. The predicted octanol–water partition coefficient (Wildman–Crippen LogP) is 1.95. The van der Waals surface area contributed by atoms with Crippen molar-refractivity contribution in [3.63, 3.8) is 0 Å². The van der Waals surface area contributed by atoms with Crippen LogP contribution in [0.3, 0.4) is 0 Å². The molecule has 0 bridgehead atoms. The predicted molar refractivity (Wildman–Crippen MR) is 76.9 cm³/mol. The number of benzene rings is 1. The standard InChI is InChI=1S/C12H11ClN4O2S/c1-7(10(18)16-12-17-14-6-20-12)15-11(19)8-4-2-3-5-9(8)13/h2-7H,1H3,(H,15,19)(H,16,17,18)/t7-/m0/s1. The number of carbonyl (C=O) groups excluding carboxylic acids is 2. The second kappa shape index (κ2) is 6.44. The van der Waals surface area contributed by atoms with Gasteiger partial charge in [0, 0.05) is 0 Å². The molecule has 1 heterocycles. The van der Waals surface area contributed by atoms with Gasteiger partial charge in [-0.1, -0.05) is 35.1 Å². The molecule has 0 aliphatic rings. The van der Waals surface area contributed by atoms with Gasteiger partial charge in [0.15, 0.2) is 0 Å². The van der Waals surface area contributed by atoms with E-state index in [0.29, 0.717) is 15.7 Å². The largest absolute Gasteiger partial charge is 0.340 e. The Morgan fingerprint density at radius 3 is 2.75 bits per heavy atom. The van der Waals surface area contributed by atoms with E-state index >= 15 is 0 Å². The van der Waals surface area contributed by atoms with Gasteiger partial charge in [-0.15, -0.1) is 10.2 Å². The van der Waals surface area contributed by atoms with E-state index in [0.717, 1.165) is 0 Å². The molecule has 104 valence electrons. The van der Waals surface area contributed by atoms with Crippen molar-refractivity contribution in [1.82, 2.24) is 15.5 Å². The van der Waals surface area contributed by atoms with E-state index in [1.54, 1.807) is 31.2 Å². The lowest BCUT2D eigenvalue weighted by atomic mass is 10.2. The fourth-order valence-electron chi connectivity index (χ4n) is 1.43. The Morgan fingerprint density at radius 2 is 2.10 bits per heavy atom. The highest BCUT2D eigenvalue weighted by molar-refractivity contribution is 7.13. The number of anilines is 1. The lowest BCUT2D eigenvalue weighted by Crippen LogP contribution is -2.41. The third-order valence-electron chi connectivity index (χ3n) is 2.45. The molecule has 0 aliphatic carbocycles. The molecule has 6 nitrogen and oxygen atoms in total. The highest BCUT2D eigenvalue weighted by atomic mass is 35.5. The summed E-state index contributed by atoms with van der Waals surface area (Å²) in [5, 5.41) is 13.1. The monoisotopic (exact) mass is 310 g/mol. The quantitative estimate of drug-likeness (QED) is 0.904. The number of amides is 2. The Kier molecular flexibility index (Phi) is 4.65. The van der Waals surface area contributed by atoms with Gasteiger partial charge < -0.3 is 5.32 Å². The van der Waals surface area contributed by atoms with Gasteiger partial charge in [-0.25, -0.2) is 0 Å². The van der Waals surface area contributed by atoms with Gasteiger partial charge in [-0.2, -0.15) is 0 Å². The number of nitrogens with zero attached hydrogens (tertiary/aromatic N) is 2. The van der Waals surface area contributed by atoms with Crippen LogP contribution in [0.25, 0.3) is 0 Å². The second-order valence-corrected chi connectivity index (χ2v) is 5.15. The van der Waals surface area contributed by atoms with Crippen molar-refractivity contribution in [3.05, 3.63) is 40.4 Å². The molecule has 1 atom stereocenters. The summed E-state index contributed by atoms with van der Waals surface area (Å²) in [6.45, 7) is 1.57. The van der Waals surface area contributed by atoms with Gasteiger partial charge >= 0.3 is 0 Å². The molecule has 0 aliphatic heterocycles. The Morgan fingerprint density at radius 1 is 1.35 bits per heavy atom. The fourth-order valence-corrected chi connectivity index (χ4v) is 2.10. The van der Waals surface area contributed by atoms with E-state index in [4.69, 9.17) is 11.6 Å². The first kappa shape index (κ1) is 14.4. The number of aromatic nitrogens is 2. The van der Waals surface area contributed by atoms with Crippen LogP contribution < -0.4 is 10.6 Å². The van der Waals surface area contributed by atoms with Crippen LogP contribution in [0.5, 0.6) is 0 Å². The molecule has 0 unspecified atom stereocenters. The lowest BCUT2D eigenvalue weighted by molar-refractivity contribution is -0.117. The first-order valence-electron chi connectivity index (χ1n) is 5.70. The number of rotatable bonds is 4. The van der Waals surface area contributed by atoms with Crippen molar-refractivity contribution in [2.45, 2.75) is 13.0 Å². The smallest absolute Gasteiger partial charge is 0.253 e. The van der Waals surface area contributed by atoms with E-state index < -0.39 is 11.9 Å². The SMILES string of the molecule is C[C@H](NC(=O)c1ccccc1Cl)C(=O)Nc1nncs1. The maximum Gasteiger partial charge on any atom is 0.253 e. The third-order valence-corrected chi connectivity index (χ3v) is 3.39. The van der Waals surface area contributed by atoms with Crippen LogP contribution in [-0.2, 0) is 4.79 Å². The van der Waals surface area contributed by atoms with Crippen LogP contribution in [0, 0.1) is 0 Å². The molecule has 0 fully saturated rings. The molecule has 0 saturated carbocycles. The van der Waals surface area contributed by atoms with Crippen molar-refractivity contribution in [2.24, 2.45) is 0 Å². The van der Waals surface area contributed by atoms with Crippen LogP contribution in [0.4, 0.5) is 5.13 Å². The molecule has 0 saturated heterocycles. The highest BCUT2D eigenvalue weighted by Gasteiger charge is 2.18. The van der Waals surface area contributed by atoms with Gasteiger partial charge in [0.2, 0.25) is 11.0 Å². The molecule has 20 heavy (non-hydrogen) atoms. The zero-order chi connectivity index (χ0) is 14.5. The maximum atomic E-state index is 12.0. The summed E-state index contributed by atoms with van der Waals surface area (Å²) in [6.07, 6.45) is 0. The van der Waals surface area contributed by atoms with Crippen molar-refractivity contribution in [2.75, 3.05) is 5.32 Å². The molecule has 8 heteroatoms. The van der Waals surface area contributed by atoms with Gasteiger partial charge in [-0.05, 0) is 19.1 Å². The van der Waals surface area contributed by atoms with Crippen molar-refractivity contribution in [3.8, 4) is 0 Å². The molecule has 2 amide bonds. The fraction of sp³-hybridized carbons (Fsp3) is 0.167. The number of carbonyl (C=O) groups is 2. The topological polar surface area (TPSA) is 84.0 Å². The minimum atomic E-state index is -0.720. The zero-order valence-corrected chi connectivity index (χ0v) is 12.0. The van der Waals surface area contributed by atoms with Crippen LogP contribution in [0.15, 0.2) is 29.8 Å². The number of hydrogen-bond donors (Lipinski definition) is 2. The van der Waals surface area contributed by atoms with Gasteiger partial charge in [0.25, 0.3) is 5.91 Å². The Hall–Kier alpha value is -1.99. The van der Waals surface area contributed by atoms with Gasteiger partial charge in [0.05, 0.1) is 10.6 Å². The van der Waals surface area contributed by atoms with Crippen molar-refractivity contribution < 1.29 is 9.59 Å². The third kappa shape index (κ3) is 3.52. The van der Waals surface area contributed by atoms with Crippen molar-refractivity contribution >= 4 is 39.9 Å². The van der Waals surface area contributed by atoms with Gasteiger partial charge in [0.1, 0.15) is 11.6 Å².